The lowest BCUT2D eigenvalue weighted by Crippen LogP contribution is -2.23. The van der Waals surface area contributed by atoms with E-state index in [0.717, 1.165) is 11.8 Å². The Morgan fingerprint density at radius 2 is 1.80 bits per heavy atom. The molecule has 0 aliphatic heterocycles. The van der Waals surface area contributed by atoms with Gasteiger partial charge in [-0.1, -0.05) is 20.8 Å². The number of hydrogen-bond donors (Lipinski definition) is 0. The maximum Gasteiger partial charge on any atom is 0.370 e. The lowest BCUT2D eigenvalue weighted by molar-refractivity contribution is -0.168. The molecule has 0 aromatic carbocycles. The molecule has 0 amide bonds. The largest absolute Gasteiger partial charge is 0.425 e. The molecule has 0 saturated carbocycles. The summed E-state index contributed by atoms with van der Waals surface area (Å²) in [6.45, 7) is 7.06. The predicted molar refractivity (Wildman–Crippen MR) is 59.6 cm³/mol. The summed E-state index contributed by atoms with van der Waals surface area (Å²) in [5, 5.41) is -0.415. The highest BCUT2D eigenvalue weighted by Crippen LogP contribution is 2.10. The van der Waals surface area contributed by atoms with Crippen LogP contribution in [0.2, 0.25) is 0 Å². The molecule has 0 heterocycles. The zero-order valence-electron chi connectivity index (χ0n) is 9.61. The van der Waals surface area contributed by atoms with E-state index in [1.165, 1.54) is 6.92 Å². The molecule has 0 aliphatic rings. The monoisotopic (exact) mass is 234 g/mol. The minimum absolute atomic E-state index is 0.162. The van der Waals surface area contributed by atoms with Crippen molar-refractivity contribution in [3.05, 3.63) is 0 Å². The number of hydrogen-bond acceptors (Lipinski definition) is 5. The lowest BCUT2D eigenvalue weighted by Gasteiger charge is -2.15. The van der Waals surface area contributed by atoms with Crippen LogP contribution in [0.5, 0.6) is 0 Å². The Balaban J connectivity index is 3.87. The second-order valence-corrected chi connectivity index (χ2v) is 4.31. The molecule has 0 bridgehead atoms. The summed E-state index contributed by atoms with van der Waals surface area (Å²) in [5.41, 5.74) is 0. The summed E-state index contributed by atoms with van der Waals surface area (Å²) < 4.78 is 9.76. The molecule has 0 fully saturated rings. The average molecular weight is 234 g/mol. The molecule has 2 atom stereocenters. The van der Waals surface area contributed by atoms with E-state index in [9.17, 15) is 9.59 Å². The fraction of sp³-hybridized carbons (Fsp3) is 0.800. The molecular formula is C10H18O4S. The fourth-order valence-electron chi connectivity index (χ4n) is 0.758. The Bertz CT molecular complexity index is 217. The zero-order valence-corrected chi connectivity index (χ0v) is 10.4. The van der Waals surface area contributed by atoms with Crippen molar-refractivity contribution in [2.45, 2.75) is 40.4 Å². The lowest BCUT2D eigenvalue weighted by atomic mass is 10.1. The number of ether oxygens (including phenoxy) is 2. The van der Waals surface area contributed by atoms with E-state index in [2.05, 4.69) is 0 Å². The van der Waals surface area contributed by atoms with Crippen molar-refractivity contribution in [1.82, 2.24) is 0 Å². The number of esters is 1. The Morgan fingerprint density at radius 3 is 2.27 bits per heavy atom. The van der Waals surface area contributed by atoms with E-state index in [4.69, 9.17) is 9.47 Å². The van der Waals surface area contributed by atoms with Crippen LogP contribution in [0, 0.1) is 5.92 Å². The highest BCUT2D eigenvalue weighted by atomic mass is 32.2. The van der Waals surface area contributed by atoms with Crippen LogP contribution >= 0.6 is 11.8 Å². The van der Waals surface area contributed by atoms with Gasteiger partial charge < -0.3 is 9.47 Å². The van der Waals surface area contributed by atoms with Gasteiger partial charge in [0, 0.05) is 12.7 Å². The molecule has 0 aromatic rings. The number of rotatable bonds is 5. The third-order valence-electron chi connectivity index (χ3n) is 1.82. The average Bonchev–Trinajstić information content (AvgIpc) is 2.16. The highest BCUT2D eigenvalue weighted by molar-refractivity contribution is 8.13. The second kappa shape index (κ2) is 7.56. The molecule has 88 valence electrons. The van der Waals surface area contributed by atoms with Crippen LogP contribution in [0.15, 0.2) is 0 Å². The summed E-state index contributed by atoms with van der Waals surface area (Å²) in [4.78, 5) is 22.3. The summed E-state index contributed by atoms with van der Waals surface area (Å²) in [5.74, 6) is 0.148. The number of thioether (sulfide) groups is 1. The van der Waals surface area contributed by atoms with Gasteiger partial charge in [0.2, 0.25) is 6.29 Å². The van der Waals surface area contributed by atoms with Crippen molar-refractivity contribution in [2.75, 3.05) is 5.75 Å². The van der Waals surface area contributed by atoms with Crippen molar-refractivity contribution in [3.8, 4) is 0 Å². The molecule has 0 saturated heterocycles. The third kappa shape index (κ3) is 6.38. The predicted octanol–water partition coefficient (Wildman–Crippen LogP) is 2.81. The van der Waals surface area contributed by atoms with E-state index < -0.39 is 11.6 Å². The minimum atomic E-state index is -0.807. The smallest absolute Gasteiger partial charge is 0.370 e. The Kier molecular flexibility index (Phi) is 7.21. The quantitative estimate of drug-likeness (QED) is 0.541. The molecule has 4 nitrogen and oxygen atoms in total. The van der Waals surface area contributed by atoms with Gasteiger partial charge in [0.1, 0.15) is 0 Å². The normalized spacial score (nSPS) is 14.1. The van der Waals surface area contributed by atoms with Gasteiger partial charge in [0.15, 0.2) is 0 Å². The molecule has 0 radical (unpaired) electrons. The van der Waals surface area contributed by atoms with Gasteiger partial charge in [0.05, 0.1) is 5.92 Å². The maximum absolute atomic E-state index is 11.3. The van der Waals surface area contributed by atoms with Gasteiger partial charge in [-0.05, 0) is 18.2 Å². The topological polar surface area (TPSA) is 52.6 Å². The van der Waals surface area contributed by atoms with Crippen molar-refractivity contribution >= 4 is 23.0 Å². The Labute approximate surface area is 94.7 Å². The Hall–Kier alpha value is -0.710. The van der Waals surface area contributed by atoms with E-state index in [-0.39, 0.29) is 11.9 Å². The van der Waals surface area contributed by atoms with Crippen LogP contribution in [-0.4, -0.2) is 23.3 Å². The number of carbonyl (C=O) groups is 2. The first-order valence-electron chi connectivity index (χ1n) is 5.05. The third-order valence-corrected chi connectivity index (χ3v) is 2.44. The van der Waals surface area contributed by atoms with E-state index in [0.29, 0.717) is 12.2 Å². The summed E-state index contributed by atoms with van der Waals surface area (Å²) >= 11 is 1.05. The van der Waals surface area contributed by atoms with Crippen LogP contribution in [-0.2, 0) is 14.3 Å². The summed E-state index contributed by atoms with van der Waals surface area (Å²) in [6, 6.07) is 0. The van der Waals surface area contributed by atoms with Crippen LogP contribution in [0.3, 0.4) is 0 Å². The molecular weight excluding hydrogens is 216 g/mol. The Morgan fingerprint density at radius 1 is 1.20 bits per heavy atom. The van der Waals surface area contributed by atoms with Crippen LogP contribution < -0.4 is 0 Å². The SMILES string of the molecule is CCSC(=O)OC(C)OC(=O)C(C)CC. The van der Waals surface area contributed by atoms with Gasteiger partial charge in [0.25, 0.3) is 0 Å². The van der Waals surface area contributed by atoms with Crippen molar-refractivity contribution in [2.24, 2.45) is 5.92 Å². The molecule has 15 heavy (non-hydrogen) atoms. The van der Waals surface area contributed by atoms with E-state index in [1.54, 1.807) is 6.92 Å². The minimum Gasteiger partial charge on any atom is -0.425 e. The molecule has 0 aliphatic carbocycles. The van der Waals surface area contributed by atoms with Gasteiger partial charge >= 0.3 is 11.3 Å². The van der Waals surface area contributed by atoms with Gasteiger partial charge in [-0.2, -0.15) is 0 Å². The molecule has 0 N–H and O–H groups in total. The first kappa shape index (κ1) is 14.3. The molecule has 5 heteroatoms. The maximum atomic E-state index is 11.3. The van der Waals surface area contributed by atoms with Crippen molar-refractivity contribution in [3.63, 3.8) is 0 Å². The van der Waals surface area contributed by atoms with E-state index >= 15 is 0 Å². The van der Waals surface area contributed by atoms with Crippen LogP contribution in [0.25, 0.3) is 0 Å². The molecule has 0 aromatic heterocycles. The summed E-state index contributed by atoms with van der Waals surface area (Å²) in [7, 11) is 0. The number of carbonyl (C=O) groups excluding carboxylic acids is 2. The van der Waals surface area contributed by atoms with Crippen LogP contribution in [0.1, 0.15) is 34.1 Å². The van der Waals surface area contributed by atoms with Gasteiger partial charge in [-0.3, -0.25) is 4.79 Å². The van der Waals surface area contributed by atoms with Crippen molar-refractivity contribution in [1.29, 1.82) is 0 Å². The van der Waals surface area contributed by atoms with Gasteiger partial charge in [-0.15, -0.1) is 0 Å². The first-order valence-corrected chi connectivity index (χ1v) is 6.03. The van der Waals surface area contributed by atoms with Crippen LogP contribution in [0.4, 0.5) is 4.79 Å². The zero-order chi connectivity index (χ0) is 11.8. The van der Waals surface area contributed by atoms with E-state index in [1.807, 2.05) is 13.8 Å². The first-order chi connectivity index (χ1) is 7.01. The molecule has 0 rings (SSSR count). The molecule has 0 spiro atoms. The fourth-order valence-corrected chi connectivity index (χ4v) is 1.20. The van der Waals surface area contributed by atoms with Gasteiger partial charge in [-0.25, -0.2) is 4.79 Å². The molecule has 2 unspecified atom stereocenters. The van der Waals surface area contributed by atoms with Crippen molar-refractivity contribution < 1.29 is 19.1 Å². The highest BCUT2D eigenvalue weighted by Gasteiger charge is 2.17. The second-order valence-electron chi connectivity index (χ2n) is 3.11. The standard InChI is InChI=1S/C10H18O4S/c1-5-7(3)9(11)13-8(4)14-10(12)15-6-2/h7-8H,5-6H2,1-4H3. The summed E-state index contributed by atoms with van der Waals surface area (Å²) in [6.07, 6.45) is -0.0958.